The van der Waals surface area contributed by atoms with Crippen LogP contribution in [0.2, 0.25) is 0 Å². The summed E-state index contributed by atoms with van der Waals surface area (Å²) in [6.45, 7) is 2.03. The number of fused-ring (bicyclic) bond motifs is 1. The summed E-state index contributed by atoms with van der Waals surface area (Å²) in [6, 6.07) is 15.7. The summed E-state index contributed by atoms with van der Waals surface area (Å²) in [4.78, 5) is 35.4. The van der Waals surface area contributed by atoms with Gasteiger partial charge in [-0.15, -0.1) is 0 Å². The van der Waals surface area contributed by atoms with Crippen LogP contribution in [-0.2, 0) is 16.1 Å². The molecule has 0 saturated carbocycles. The van der Waals surface area contributed by atoms with Gasteiger partial charge in [-0.2, -0.15) is 0 Å². The predicted molar refractivity (Wildman–Crippen MR) is 128 cm³/mol. The first-order chi connectivity index (χ1) is 16.5. The summed E-state index contributed by atoms with van der Waals surface area (Å²) in [5, 5.41) is 12.3. The van der Waals surface area contributed by atoms with Crippen molar-refractivity contribution in [1.82, 2.24) is 14.9 Å². The Morgan fingerprint density at radius 2 is 1.88 bits per heavy atom. The Morgan fingerprint density at radius 1 is 1.12 bits per heavy atom. The minimum atomic E-state index is -0.759. The molecular weight excluding hydrogens is 430 g/mol. The number of nitrogens with zero attached hydrogens (tertiary/aromatic N) is 2. The molecule has 3 heterocycles. The van der Waals surface area contributed by atoms with E-state index in [1.165, 1.54) is 4.90 Å². The summed E-state index contributed by atoms with van der Waals surface area (Å²) in [5.74, 6) is -0.928. The normalized spacial score (nSPS) is 17.5. The maximum Gasteiger partial charge on any atom is 0.295 e. The number of nitrogens with one attached hydrogen (secondary N) is 1. The number of aryl methyl sites for hydroxylation is 1. The van der Waals surface area contributed by atoms with Crippen molar-refractivity contribution in [1.29, 1.82) is 0 Å². The highest BCUT2D eigenvalue weighted by molar-refractivity contribution is 6.46. The standard InChI is InChI=1S/C27H23N3O4/c1-16-13-18(34-2)7-8-19(16)25(31)23-24(21-14-29-22-6-4-3-5-20(21)22)30(27(33)26(23)32)15-17-9-11-28-12-10-17/h3-14,24,29,31H,15H2,1-2H3/b25-23+. The number of benzene rings is 2. The van der Waals surface area contributed by atoms with Crippen molar-refractivity contribution < 1.29 is 19.4 Å². The van der Waals surface area contributed by atoms with Gasteiger partial charge in [0.1, 0.15) is 11.5 Å². The number of likely N-dealkylation sites (tertiary alicyclic amines) is 1. The average Bonchev–Trinajstić information content (AvgIpc) is 3.38. The molecule has 34 heavy (non-hydrogen) atoms. The van der Waals surface area contributed by atoms with E-state index in [0.717, 1.165) is 27.6 Å². The first kappa shape index (κ1) is 21.5. The second kappa shape index (κ2) is 8.51. The summed E-state index contributed by atoms with van der Waals surface area (Å²) in [5.41, 5.74) is 3.74. The van der Waals surface area contributed by atoms with Crippen molar-refractivity contribution in [3.05, 3.63) is 101 Å². The number of hydrogen-bond acceptors (Lipinski definition) is 5. The van der Waals surface area contributed by atoms with Crippen molar-refractivity contribution in [2.24, 2.45) is 0 Å². The summed E-state index contributed by atoms with van der Waals surface area (Å²) >= 11 is 0. The van der Waals surface area contributed by atoms with E-state index in [0.29, 0.717) is 11.3 Å². The zero-order valence-electron chi connectivity index (χ0n) is 18.8. The number of carbonyl (C=O) groups is 2. The van der Waals surface area contributed by atoms with E-state index >= 15 is 0 Å². The van der Waals surface area contributed by atoms with Gasteiger partial charge >= 0.3 is 0 Å². The van der Waals surface area contributed by atoms with Crippen molar-refractivity contribution in [2.45, 2.75) is 19.5 Å². The molecule has 7 nitrogen and oxygen atoms in total. The fraction of sp³-hybridized carbons (Fsp3) is 0.148. The van der Waals surface area contributed by atoms with Crippen LogP contribution in [0, 0.1) is 6.92 Å². The Balaban J connectivity index is 1.71. The Morgan fingerprint density at radius 3 is 2.62 bits per heavy atom. The van der Waals surface area contributed by atoms with Gasteiger partial charge in [0.15, 0.2) is 0 Å². The lowest BCUT2D eigenvalue weighted by Gasteiger charge is -2.25. The molecule has 7 heteroatoms. The van der Waals surface area contributed by atoms with Crippen LogP contribution in [0.1, 0.15) is 28.3 Å². The molecule has 2 N–H and O–H groups in total. The third kappa shape index (κ3) is 3.51. The molecule has 1 unspecified atom stereocenters. The predicted octanol–water partition coefficient (Wildman–Crippen LogP) is 4.50. The lowest BCUT2D eigenvalue weighted by atomic mass is 9.93. The molecular formula is C27H23N3O4. The second-order valence-corrected chi connectivity index (χ2v) is 8.25. The number of methoxy groups -OCH3 is 1. The molecule has 2 aromatic heterocycles. The molecule has 1 fully saturated rings. The minimum absolute atomic E-state index is 0.0667. The van der Waals surface area contributed by atoms with Gasteiger partial charge in [0, 0.05) is 47.2 Å². The number of aromatic amines is 1. The van der Waals surface area contributed by atoms with Gasteiger partial charge in [0.25, 0.3) is 11.7 Å². The van der Waals surface area contributed by atoms with Gasteiger partial charge in [0.2, 0.25) is 0 Å². The average molecular weight is 453 g/mol. The number of para-hydroxylation sites is 1. The number of aliphatic hydroxyl groups is 1. The summed E-state index contributed by atoms with van der Waals surface area (Å²) < 4.78 is 5.27. The Labute approximate surface area is 196 Å². The van der Waals surface area contributed by atoms with Gasteiger partial charge in [0.05, 0.1) is 18.7 Å². The fourth-order valence-electron chi connectivity index (χ4n) is 4.55. The van der Waals surface area contributed by atoms with Crippen LogP contribution in [0.25, 0.3) is 16.7 Å². The molecule has 170 valence electrons. The third-order valence-corrected chi connectivity index (χ3v) is 6.25. The number of aliphatic hydroxyl groups excluding tert-OH is 1. The SMILES string of the molecule is COc1ccc(/C(O)=C2\C(=O)C(=O)N(Cc3ccncc3)C2c2c[nH]c3ccccc23)c(C)c1. The van der Waals surface area contributed by atoms with Crippen LogP contribution < -0.4 is 4.74 Å². The molecule has 2 aromatic carbocycles. The minimum Gasteiger partial charge on any atom is -0.507 e. The number of Topliss-reactive ketones (excluding diaryl/α,β-unsaturated/α-hetero) is 1. The number of ketones is 1. The van der Waals surface area contributed by atoms with Crippen molar-refractivity contribution in [2.75, 3.05) is 7.11 Å². The number of ether oxygens (including phenoxy) is 1. The maximum absolute atomic E-state index is 13.3. The Hall–Kier alpha value is -4.39. The number of carbonyl (C=O) groups excluding carboxylic acids is 2. The second-order valence-electron chi connectivity index (χ2n) is 8.25. The summed E-state index contributed by atoms with van der Waals surface area (Å²) in [7, 11) is 1.57. The molecule has 0 radical (unpaired) electrons. The number of aromatic nitrogens is 2. The van der Waals surface area contributed by atoms with Crippen LogP contribution in [0.5, 0.6) is 5.75 Å². The maximum atomic E-state index is 13.3. The van der Waals surface area contributed by atoms with E-state index in [4.69, 9.17) is 4.74 Å². The number of pyridine rings is 1. The smallest absolute Gasteiger partial charge is 0.295 e. The quantitative estimate of drug-likeness (QED) is 0.264. The molecule has 1 aliphatic heterocycles. The zero-order chi connectivity index (χ0) is 23.8. The highest BCUT2D eigenvalue weighted by atomic mass is 16.5. The van der Waals surface area contributed by atoms with Gasteiger partial charge in [-0.3, -0.25) is 14.6 Å². The molecule has 1 amide bonds. The van der Waals surface area contributed by atoms with Crippen molar-refractivity contribution in [3.63, 3.8) is 0 Å². The van der Waals surface area contributed by atoms with E-state index in [2.05, 4.69) is 9.97 Å². The Bertz CT molecular complexity index is 1440. The molecule has 1 saturated heterocycles. The summed E-state index contributed by atoms with van der Waals surface area (Å²) in [6.07, 6.45) is 5.09. The van der Waals surface area contributed by atoms with Crippen LogP contribution in [0.15, 0.2) is 78.8 Å². The molecule has 1 aliphatic rings. The first-order valence-corrected chi connectivity index (χ1v) is 10.9. The first-order valence-electron chi connectivity index (χ1n) is 10.9. The molecule has 0 spiro atoms. The van der Waals surface area contributed by atoms with Crippen molar-refractivity contribution >= 4 is 28.4 Å². The van der Waals surface area contributed by atoms with E-state index in [9.17, 15) is 14.7 Å². The van der Waals surface area contributed by atoms with Gasteiger partial charge < -0.3 is 19.7 Å². The highest BCUT2D eigenvalue weighted by Gasteiger charge is 2.47. The molecule has 4 aromatic rings. The lowest BCUT2D eigenvalue weighted by molar-refractivity contribution is -0.140. The number of rotatable bonds is 5. The number of amides is 1. The van der Waals surface area contributed by atoms with E-state index in [1.807, 2.05) is 31.2 Å². The van der Waals surface area contributed by atoms with E-state index in [1.54, 1.807) is 56.0 Å². The molecule has 5 rings (SSSR count). The van der Waals surface area contributed by atoms with E-state index < -0.39 is 17.7 Å². The lowest BCUT2D eigenvalue weighted by Crippen LogP contribution is -2.29. The highest BCUT2D eigenvalue weighted by Crippen LogP contribution is 2.43. The Kier molecular flexibility index (Phi) is 5.37. The van der Waals surface area contributed by atoms with Gasteiger partial charge in [-0.1, -0.05) is 18.2 Å². The zero-order valence-corrected chi connectivity index (χ0v) is 18.8. The van der Waals surface area contributed by atoms with Crippen LogP contribution in [0.3, 0.4) is 0 Å². The molecule has 1 atom stereocenters. The van der Waals surface area contributed by atoms with Crippen molar-refractivity contribution in [3.8, 4) is 5.75 Å². The molecule has 0 aliphatic carbocycles. The van der Waals surface area contributed by atoms with Crippen LogP contribution in [-0.4, -0.2) is 38.8 Å². The molecule has 0 bridgehead atoms. The van der Waals surface area contributed by atoms with Crippen LogP contribution >= 0.6 is 0 Å². The van der Waals surface area contributed by atoms with E-state index in [-0.39, 0.29) is 17.9 Å². The fourth-order valence-corrected chi connectivity index (χ4v) is 4.55. The van der Waals surface area contributed by atoms with Gasteiger partial charge in [-0.05, 0) is 54.4 Å². The van der Waals surface area contributed by atoms with Crippen LogP contribution in [0.4, 0.5) is 0 Å². The third-order valence-electron chi connectivity index (χ3n) is 6.25. The largest absolute Gasteiger partial charge is 0.507 e. The number of H-pyrrole nitrogens is 1. The van der Waals surface area contributed by atoms with Gasteiger partial charge in [-0.25, -0.2) is 0 Å². The number of hydrogen-bond donors (Lipinski definition) is 2. The monoisotopic (exact) mass is 453 g/mol. The topological polar surface area (TPSA) is 95.5 Å².